The van der Waals surface area contributed by atoms with Gasteiger partial charge in [-0.25, -0.2) is 0 Å². The highest BCUT2D eigenvalue weighted by Gasteiger charge is 2.23. The molecule has 0 bridgehead atoms. The second kappa shape index (κ2) is 10.1. The first-order valence-corrected chi connectivity index (χ1v) is 7.82. The van der Waals surface area contributed by atoms with Gasteiger partial charge in [0.2, 0.25) is 5.91 Å². The largest absolute Gasteiger partial charge is 0.508 e. The molecule has 1 aromatic carbocycles. The van der Waals surface area contributed by atoms with Crippen LogP contribution in [-0.4, -0.2) is 75.3 Å². The minimum atomic E-state index is -1.35. The molecular weight excluding hydrogens is 362 g/mol. The summed E-state index contributed by atoms with van der Waals surface area (Å²) in [6, 6.07) is 2.59. The third-order valence-corrected chi connectivity index (χ3v) is 3.40. The Bertz CT molecular complexity index is 706. The average molecular weight is 383 g/mol. The molecule has 1 aromatic rings. The van der Waals surface area contributed by atoms with Crippen LogP contribution in [0.5, 0.6) is 5.75 Å². The molecule has 0 spiro atoms. The number of carbonyl (C=O) groups is 4. The molecule has 1 amide bonds. The molecule has 27 heavy (non-hydrogen) atoms. The van der Waals surface area contributed by atoms with Crippen molar-refractivity contribution in [1.82, 2.24) is 10.2 Å². The van der Waals surface area contributed by atoms with E-state index in [0.717, 1.165) is 4.90 Å². The summed E-state index contributed by atoms with van der Waals surface area (Å²) in [5.41, 5.74) is 0.290. The number of anilines is 1. The van der Waals surface area contributed by atoms with E-state index in [4.69, 9.17) is 10.2 Å². The molecule has 6 N–H and O–H groups in total. The molecule has 11 heteroatoms. The molecule has 0 aliphatic heterocycles. The van der Waals surface area contributed by atoms with Crippen LogP contribution in [0.15, 0.2) is 18.2 Å². The van der Waals surface area contributed by atoms with Crippen LogP contribution in [0, 0.1) is 0 Å². The van der Waals surface area contributed by atoms with Gasteiger partial charge in [0.15, 0.2) is 0 Å². The van der Waals surface area contributed by atoms with Crippen LogP contribution in [-0.2, 0) is 19.2 Å². The van der Waals surface area contributed by atoms with Crippen molar-refractivity contribution in [1.29, 1.82) is 0 Å². The summed E-state index contributed by atoms with van der Waals surface area (Å²) < 4.78 is 0. The van der Waals surface area contributed by atoms with E-state index < -0.39 is 37.0 Å². The van der Waals surface area contributed by atoms with Crippen molar-refractivity contribution in [3.63, 3.8) is 0 Å². The van der Waals surface area contributed by atoms with Crippen molar-refractivity contribution >= 4 is 29.5 Å². The number of hydrogen-bond donors (Lipinski definition) is 6. The molecular formula is C16H21N3O8. The van der Waals surface area contributed by atoms with Gasteiger partial charge >= 0.3 is 17.9 Å². The van der Waals surface area contributed by atoms with Crippen LogP contribution < -0.4 is 10.6 Å². The van der Waals surface area contributed by atoms with Crippen LogP contribution in [0.2, 0.25) is 0 Å². The summed E-state index contributed by atoms with van der Waals surface area (Å²) in [6.45, 7) is 0.138. The molecule has 0 fully saturated rings. The number of benzene rings is 1. The second-order valence-electron chi connectivity index (χ2n) is 5.68. The Hall–Kier alpha value is -3.18. The minimum Gasteiger partial charge on any atom is -0.508 e. The second-order valence-corrected chi connectivity index (χ2v) is 5.68. The lowest BCUT2D eigenvalue weighted by molar-refractivity contribution is -0.143. The number of carboxylic acid groups (broad SMARTS) is 3. The quantitative estimate of drug-likeness (QED) is 0.274. The van der Waals surface area contributed by atoms with Crippen molar-refractivity contribution in [3.8, 4) is 5.75 Å². The van der Waals surface area contributed by atoms with E-state index in [0.29, 0.717) is 5.69 Å². The first-order valence-electron chi connectivity index (χ1n) is 7.82. The number of nitrogens with zero attached hydrogens (tertiary/aromatic N) is 1. The molecule has 0 aliphatic carbocycles. The molecule has 1 rings (SSSR count). The first kappa shape index (κ1) is 21.9. The standard InChI is InChI=1S/C16H21N3O8/c1-9(20)18-10-2-3-12(21)11(6-10)15(16(26)27)17-4-5-19(7-13(22)23)8-14(24)25/h2-3,6,15,17,21H,4-5,7-8H2,1H3,(H,18,20)(H,22,23)(H,24,25)(H,26,27). The molecule has 0 aromatic heterocycles. The smallest absolute Gasteiger partial charge is 0.325 e. The lowest BCUT2D eigenvalue weighted by Crippen LogP contribution is -2.41. The number of phenolic OH excluding ortho intramolecular Hbond substituents is 1. The van der Waals surface area contributed by atoms with E-state index in [9.17, 15) is 29.4 Å². The van der Waals surface area contributed by atoms with E-state index in [2.05, 4.69) is 10.6 Å². The summed E-state index contributed by atoms with van der Waals surface area (Å²) in [7, 11) is 0. The molecule has 1 unspecified atom stereocenters. The van der Waals surface area contributed by atoms with Gasteiger partial charge in [-0.05, 0) is 18.2 Å². The molecule has 0 aliphatic rings. The summed E-state index contributed by atoms with van der Waals surface area (Å²) >= 11 is 0. The topological polar surface area (TPSA) is 176 Å². The number of rotatable bonds is 11. The fourth-order valence-corrected chi connectivity index (χ4v) is 2.36. The van der Waals surface area contributed by atoms with E-state index in [1.807, 2.05) is 0 Å². The van der Waals surface area contributed by atoms with E-state index in [-0.39, 0.29) is 30.3 Å². The Balaban J connectivity index is 2.87. The van der Waals surface area contributed by atoms with E-state index in [1.54, 1.807) is 0 Å². The van der Waals surface area contributed by atoms with Crippen LogP contribution in [0.3, 0.4) is 0 Å². The van der Waals surface area contributed by atoms with Gasteiger partial charge in [0.05, 0.1) is 13.1 Å². The van der Waals surface area contributed by atoms with Gasteiger partial charge in [-0.3, -0.25) is 29.4 Å². The van der Waals surface area contributed by atoms with E-state index in [1.165, 1.54) is 25.1 Å². The third-order valence-electron chi connectivity index (χ3n) is 3.40. The van der Waals surface area contributed by atoms with Crippen molar-refractivity contribution in [2.45, 2.75) is 13.0 Å². The summed E-state index contributed by atoms with van der Waals surface area (Å²) in [5, 5.41) is 42.1. The fourth-order valence-electron chi connectivity index (χ4n) is 2.36. The third kappa shape index (κ3) is 7.71. The highest BCUT2D eigenvalue weighted by atomic mass is 16.4. The average Bonchev–Trinajstić information content (AvgIpc) is 2.51. The normalized spacial score (nSPS) is 11.8. The molecule has 148 valence electrons. The van der Waals surface area contributed by atoms with Crippen LogP contribution in [0.1, 0.15) is 18.5 Å². The monoisotopic (exact) mass is 383 g/mol. The predicted octanol–water partition coefficient (Wildman–Crippen LogP) is -0.463. The maximum atomic E-state index is 11.6. The number of aliphatic carboxylic acids is 3. The Morgan fingerprint density at radius 2 is 1.67 bits per heavy atom. The van der Waals surface area contributed by atoms with Crippen LogP contribution in [0.25, 0.3) is 0 Å². The predicted molar refractivity (Wildman–Crippen MR) is 92.5 cm³/mol. The van der Waals surface area contributed by atoms with Crippen LogP contribution in [0.4, 0.5) is 5.69 Å². The first-order chi connectivity index (χ1) is 12.6. The lowest BCUT2D eigenvalue weighted by atomic mass is 10.0. The van der Waals surface area contributed by atoms with Gasteiger partial charge in [0.25, 0.3) is 0 Å². The number of nitrogens with one attached hydrogen (secondary N) is 2. The number of aromatic hydroxyl groups is 1. The number of carboxylic acids is 3. The fraction of sp³-hybridized carbons (Fsp3) is 0.375. The number of phenols is 1. The maximum Gasteiger partial charge on any atom is 0.325 e. The van der Waals surface area contributed by atoms with E-state index >= 15 is 0 Å². The molecule has 0 saturated carbocycles. The number of amides is 1. The van der Waals surface area contributed by atoms with Gasteiger partial charge in [-0.2, -0.15) is 0 Å². The van der Waals surface area contributed by atoms with Crippen molar-refractivity contribution in [2.24, 2.45) is 0 Å². The molecule has 1 atom stereocenters. The lowest BCUT2D eigenvalue weighted by Gasteiger charge is -2.21. The van der Waals surface area contributed by atoms with Crippen molar-refractivity contribution in [3.05, 3.63) is 23.8 Å². The molecule has 11 nitrogen and oxygen atoms in total. The highest BCUT2D eigenvalue weighted by molar-refractivity contribution is 5.89. The number of carbonyl (C=O) groups excluding carboxylic acids is 1. The zero-order valence-corrected chi connectivity index (χ0v) is 14.5. The summed E-state index contributed by atoms with van der Waals surface area (Å²) in [5.74, 6) is -4.42. The SMILES string of the molecule is CC(=O)Nc1ccc(O)c(C(NCCN(CC(=O)O)CC(=O)O)C(=O)O)c1. The molecule has 0 heterocycles. The van der Waals surface area contributed by atoms with Gasteiger partial charge in [0.1, 0.15) is 11.8 Å². The van der Waals surface area contributed by atoms with Gasteiger partial charge in [0, 0.05) is 31.3 Å². The van der Waals surface area contributed by atoms with Gasteiger partial charge < -0.3 is 25.7 Å². The maximum absolute atomic E-state index is 11.6. The Kier molecular flexibility index (Phi) is 8.17. The highest BCUT2D eigenvalue weighted by Crippen LogP contribution is 2.27. The molecule has 0 radical (unpaired) electrons. The minimum absolute atomic E-state index is 0.00299. The Morgan fingerprint density at radius 3 is 2.15 bits per heavy atom. The Labute approximate surface area is 154 Å². The number of hydrogen-bond acceptors (Lipinski definition) is 7. The zero-order valence-electron chi connectivity index (χ0n) is 14.5. The van der Waals surface area contributed by atoms with Crippen molar-refractivity contribution < 1.29 is 39.6 Å². The van der Waals surface area contributed by atoms with Crippen molar-refractivity contribution in [2.75, 3.05) is 31.5 Å². The summed E-state index contributed by atoms with van der Waals surface area (Å²) in [4.78, 5) is 45.3. The zero-order chi connectivity index (χ0) is 20.6. The van der Waals surface area contributed by atoms with Gasteiger partial charge in [-0.1, -0.05) is 0 Å². The van der Waals surface area contributed by atoms with Gasteiger partial charge in [-0.15, -0.1) is 0 Å². The van der Waals surface area contributed by atoms with Crippen LogP contribution >= 0.6 is 0 Å². The summed E-state index contributed by atoms with van der Waals surface area (Å²) in [6.07, 6.45) is 0. The Morgan fingerprint density at radius 1 is 1.07 bits per heavy atom. The molecule has 0 saturated heterocycles.